The quantitative estimate of drug-likeness (QED) is 0.825. The van der Waals surface area contributed by atoms with Crippen LogP contribution in [0, 0.1) is 5.82 Å². The van der Waals surface area contributed by atoms with Crippen molar-refractivity contribution in [2.24, 2.45) is 4.99 Å². The minimum absolute atomic E-state index is 0.168. The van der Waals surface area contributed by atoms with E-state index in [1.807, 2.05) is 6.07 Å². The lowest BCUT2D eigenvalue weighted by Gasteiger charge is -2.16. The van der Waals surface area contributed by atoms with Gasteiger partial charge in [0.05, 0.1) is 10.0 Å². The van der Waals surface area contributed by atoms with Gasteiger partial charge in [0, 0.05) is 11.4 Å². The molecular weight excluding hydrogens is 315 g/mol. The summed E-state index contributed by atoms with van der Waals surface area (Å²) in [5.41, 5.74) is 0.929. The average molecular weight is 329 g/mol. The van der Waals surface area contributed by atoms with Crippen molar-refractivity contribution in [3.63, 3.8) is 0 Å². The van der Waals surface area contributed by atoms with Crippen LogP contribution >= 0.6 is 27.7 Å². The molecular formula is C13H14BrFN2S. The number of anilines is 1. The van der Waals surface area contributed by atoms with Gasteiger partial charge in [-0.25, -0.2) is 4.39 Å². The average Bonchev–Trinajstić information content (AvgIpc) is 2.96. The maximum atomic E-state index is 13.4. The third kappa shape index (κ3) is 2.43. The number of aliphatic imine (C=N–C) groups is 1. The summed E-state index contributed by atoms with van der Waals surface area (Å²) >= 11 is 4.90. The Hall–Kier alpha value is -0.550. The van der Waals surface area contributed by atoms with Gasteiger partial charge in [-0.1, -0.05) is 24.6 Å². The van der Waals surface area contributed by atoms with Crippen LogP contribution in [0.2, 0.25) is 0 Å². The molecule has 0 amide bonds. The molecule has 18 heavy (non-hydrogen) atoms. The SMILES string of the molecule is Fc1cc(NC2=NC3(CCCC3)CS2)ccc1Br. The van der Waals surface area contributed by atoms with Gasteiger partial charge in [-0.2, -0.15) is 0 Å². The second kappa shape index (κ2) is 4.85. The second-order valence-electron chi connectivity index (χ2n) is 4.89. The van der Waals surface area contributed by atoms with Crippen molar-refractivity contribution in [2.45, 2.75) is 31.2 Å². The van der Waals surface area contributed by atoms with Crippen molar-refractivity contribution in [1.82, 2.24) is 0 Å². The van der Waals surface area contributed by atoms with Crippen molar-refractivity contribution in [1.29, 1.82) is 0 Å². The summed E-state index contributed by atoms with van der Waals surface area (Å²) in [6.07, 6.45) is 4.95. The first kappa shape index (κ1) is 12.5. The van der Waals surface area contributed by atoms with Crippen molar-refractivity contribution in [3.05, 3.63) is 28.5 Å². The fraction of sp³-hybridized carbons (Fsp3) is 0.462. The first-order valence-electron chi connectivity index (χ1n) is 6.12. The highest BCUT2D eigenvalue weighted by Crippen LogP contribution is 2.41. The molecule has 5 heteroatoms. The molecule has 0 atom stereocenters. The van der Waals surface area contributed by atoms with E-state index in [9.17, 15) is 4.39 Å². The summed E-state index contributed by atoms with van der Waals surface area (Å²) < 4.78 is 13.9. The van der Waals surface area contributed by atoms with Crippen LogP contribution in [0.3, 0.4) is 0 Å². The van der Waals surface area contributed by atoms with E-state index in [1.165, 1.54) is 31.7 Å². The van der Waals surface area contributed by atoms with E-state index in [4.69, 9.17) is 4.99 Å². The van der Waals surface area contributed by atoms with Gasteiger partial charge in [0.2, 0.25) is 0 Å². The van der Waals surface area contributed by atoms with Gasteiger partial charge in [-0.05, 0) is 47.0 Å². The number of hydrogen-bond donors (Lipinski definition) is 1. The van der Waals surface area contributed by atoms with Crippen LogP contribution in [-0.4, -0.2) is 16.5 Å². The monoisotopic (exact) mass is 328 g/mol. The highest BCUT2D eigenvalue weighted by atomic mass is 79.9. The Labute approximate surface area is 119 Å². The van der Waals surface area contributed by atoms with E-state index in [-0.39, 0.29) is 11.4 Å². The van der Waals surface area contributed by atoms with E-state index < -0.39 is 0 Å². The molecule has 0 aromatic heterocycles. The number of nitrogens with zero attached hydrogens (tertiary/aromatic N) is 1. The topological polar surface area (TPSA) is 24.4 Å². The lowest BCUT2D eigenvalue weighted by molar-refractivity contribution is 0.508. The third-order valence-corrected chi connectivity index (χ3v) is 5.31. The van der Waals surface area contributed by atoms with Crippen LogP contribution < -0.4 is 5.32 Å². The Morgan fingerprint density at radius 3 is 2.83 bits per heavy atom. The van der Waals surface area contributed by atoms with Gasteiger partial charge >= 0.3 is 0 Å². The molecule has 1 N–H and O–H groups in total. The lowest BCUT2D eigenvalue weighted by atomic mass is 10.0. The molecule has 1 spiro atoms. The molecule has 2 nitrogen and oxygen atoms in total. The molecule has 1 saturated carbocycles. The largest absolute Gasteiger partial charge is 0.335 e. The summed E-state index contributed by atoms with van der Waals surface area (Å²) in [6, 6.07) is 5.06. The van der Waals surface area contributed by atoms with Crippen LogP contribution in [0.25, 0.3) is 0 Å². The molecule has 1 aliphatic heterocycles. The van der Waals surface area contributed by atoms with E-state index in [0.717, 1.165) is 16.6 Å². The number of hydrogen-bond acceptors (Lipinski definition) is 3. The summed E-state index contributed by atoms with van der Waals surface area (Å²) in [6.45, 7) is 0. The van der Waals surface area contributed by atoms with E-state index in [1.54, 1.807) is 17.8 Å². The first-order chi connectivity index (χ1) is 8.67. The van der Waals surface area contributed by atoms with Crippen molar-refractivity contribution in [3.8, 4) is 0 Å². The molecule has 2 aliphatic rings. The van der Waals surface area contributed by atoms with E-state index in [2.05, 4.69) is 21.2 Å². The van der Waals surface area contributed by atoms with Crippen molar-refractivity contribution < 1.29 is 4.39 Å². The van der Waals surface area contributed by atoms with E-state index >= 15 is 0 Å². The number of nitrogens with one attached hydrogen (secondary N) is 1. The molecule has 1 aliphatic carbocycles. The minimum Gasteiger partial charge on any atom is -0.335 e. The second-order valence-corrected chi connectivity index (χ2v) is 6.71. The fourth-order valence-corrected chi connectivity index (χ4v) is 3.99. The van der Waals surface area contributed by atoms with Gasteiger partial charge in [0.25, 0.3) is 0 Å². The maximum absolute atomic E-state index is 13.4. The number of benzene rings is 1. The summed E-state index contributed by atoms with van der Waals surface area (Å²) in [5, 5.41) is 4.14. The zero-order valence-corrected chi connectivity index (χ0v) is 12.3. The van der Waals surface area contributed by atoms with E-state index in [0.29, 0.717) is 4.47 Å². The zero-order valence-electron chi connectivity index (χ0n) is 9.88. The molecule has 1 aromatic carbocycles. The Kier molecular flexibility index (Phi) is 3.36. The molecule has 0 radical (unpaired) electrons. The number of rotatable bonds is 1. The molecule has 1 fully saturated rings. The van der Waals surface area contributed by atoms with Gasteiger partial charge in [0.1, 0.15) is 5.82 Å². The molecule has 1 aromatic rings. The van der Waals surface area contributed by atoms with Crippen LogP contribution in [0.4, 0.5) is 10.1 Å². The fourth-order valence-electron chi connectivity index (χ4n) is 2.53. The van der Waals surface area contributed by atoms with Crippen LogP contribution in [0.1, 0.15) is 25.7 Å². The Morgan fingerprint density at radius 2 is 2.11 bits per heavy atom. The molecule has 0 bridgehead atoms. The number of thioether (sulfide) groups is 1. The van der Waals surface area contributed by atoms with Gasteiger partial charge < -0.3 is 5.32 Å². The standard InChI is InChI=1S/C13H14BrFN2S/c14-10-4-3-9(7-11(10)15)16-12-17-13(8-18-12)5-1-2-6-13/h3-4,7H,1-2,5-6,8H2,(H,16,17). The highest BCUT2D eigenvalue weighted by molar-refractivity contribution is 9.10. The maximum Gasteiger partial charge on any atom is 0.161 e. The molecule has 0 saturated heterocycles. The number of halogens is 2. The Balaban J connectivity index is 1.75. The van der Waals surface area contributed by atoms with Gasteiger partial charge in [0.15, 0.2) is 5.17 Å². The van der Waals surface area contributed by atoms with Crippen LogP contribution in [0.15, 0.2) is 27.7 Å². The van der Waals surface area contributed by atoms with Crippen molar-refractivity contribution >= 4 is 38.5 Å². The Morgan fingerprint density at radius 1 is 1.33 bits per heavy atom. The van der Waals surface area contributed by atoms with Gasteiger partial charge in [-0.15, -0.1) is 0 Å². The summed E-state index contributed by atoms with van der Waals surface area (Å²) in [4.78, 5) is 4.80. The Bertz CT molecular complexity index is 498. The molecule has 1 heterocycles. The highest BCUT2D eigenvalue weighted by Gasteiger charge is 2.38. The lowest BCUT2D eigenvalue weighted by Crippen LogP contribution is -2.21. The summed E-state index contributed by atoms with van der Waals surface area (Å²) in [5.74, 6) is 0.813. The molecule has 96 valence electrons. The predicted octanol–water partition coefficient (Wildman–Crippen LogP) is 4.42. The first-order valence-corrected chi connectivity index (χ1v) is 7.90. The van der Waals surface area contributed by atoms with Crippen LogP contribution in [-0.2, 0) is 0 Å². The summed E-state index contributed by atoms with van der Waals surface area (Å²) in [7, 11) is 0. The normalized spacial score (nSPS) is 21.3. The van der Waals surface area contributed by atoms with Crippen molar-refractivity contribution in [2.75, 3.05) is 11.1 Å². The predicted molar refractivity (Wildman–Crippen MR) is 78.8 cm³/mol. The molecule has 3 rings (SSSR count). The zero-order chi connectivity index (χ0) is 12.6. The smallest absolute Gasteiger partial charge is 0.161 e. The third-order valence-electron chi connectivity index (χ3n) is 3.52. The number of amidine groups is 1. The van der Waals surface area contributed by atoms with Gasteiger partial charge in [-0.3, -0.25) is 4.99 Å². The van der Waals surface area contributed by atoms with Crippen LogP contribution in [0.5, 0.6) is 0 Å². The molecule has 0 unspecified atom stereocenters. The minimum atomic E-state index is -0.251.